The lowest BCUT2D eigenvalue weighted by molar-refractivity contribution is 0.611. The number of hydrogen-bond acceptors (Lipinski definition) is 2. The number of fused-ring (bicyclic) bond motifs is 1. The zero-order chi connectivity index (χ0) is 13.2. The van der Waals surface area contributed by atoms with E-state index in [9.17, 15) is 4.39 Å². The lowest BCUT2D eigenvalue weighted by Gasteiger charge is -2.07. The van der Waals surface area contributed by atoms with Crippen molar-refractivity contribution in [3.63, 3.8) is 0 Å². The summed E-state index contributed by atoms with van der Waals surface area (Å²) in [5, 5.41) is 4.27. The van der Waals surface area contributed by atoms with E-state index < -0.39 is 0 Å². The van der Waals surface area contributed by atoms with E-state index in [2.05, 4.69) is 21.2 Å². The first-order valence-corrected chi connectivity index (χ1v) is 6.67. The first kappa shape index (κ1) is 12.2. The van der Waals surface area contributed by atoms with E-state index in [4.69, 9.17) is 4.42 Å². The summed E-state index contributed by atoms with van der Waals surface area (Å²) >= 11 is 3.39. The molecule has 19 heavy (non-hydrogen) atoms. The summed E-state index contributed by atoms with van der Waals surface area (Å²) < 4.78 is 19.5. The molecule has 0 saturated carbocycles. The Bertz CT molecular complexity index is 723. The minimum Gasteiger partial charge on any atom is -0.464 e. The number of anilines is 1. The summed E-state index contributed by atoms with van der Waals surface area (Å²) in [6.07, 6.45) is 1.73. The predicted octanol–water partition coefficient (Wildman–Crippen LogP) is 4.95. The second-order valence-corrected chi connectivity index (χ2v) is 5.09. The van der Waals surface area contributed by atoms with Crippen LogP contribution in [0.15, 0.2) is 57.6 Å². The average molecular weight is 320 g/mol. The maximum Gasteiger partial charge on any atom is 0.134 e. The van der Waals surface area contributed by atoms with Crippen LogP contribution in [0.5, 0.6) is 0 Å². The lowest BCUT2D eigenvalue weighted by atomic mass is 10.2. The smallest absolute Gasteiger partial charge is 0.134 e. The van der Waals surface area contributed by atoms with Crippen LogP contribution >= 0.6 is 15.9 Å². The molecule has 0 atom stereocenters. The first-order chi connectivity index (χ1) is 9.24. The van der Waals surface area contributed by atoms with E-state index in [0.717, 1.165) is 26.7 Å². The summed E-state index contributed by atoms with van der Waals surface area (Å²) in [6, 6.07) is 12.4. The molecule has 4 heteroatoms. The maximum absolute atomic E-state index is 13.2. The second-order valence-electron chi connectivity index (χ2n) is 4.23. The van der Waals surface area contributed by atoms with Gasteiger partial charge in [-0.1, -0.05) is 18.2 Å². The lowest BCUT2D eigenvalue weighted by Crippen LogP contribution is -1.99. The highest BCUT2D eigenvalue weighted by Gasteiger charge is 2.06. The van der Waals surface area contributed by atoms with Gasteiger partial charge in [0.25, 0.3) is 0 Å². The van der Waals surface area contributed by atoms with Crippen LogP contribution in [-0.2, 0) is 6.54 Å². The fourth-order valence-electron chi connectivity index (χ4n) is 1.99. The molecule has 0 aliphatic carbocycles. The van der Waals surface area contributed by atoms with E-state index in [-0.39, 0.29) is 5.82 Å². The average Bonchev–Trinajstić information content (AvgIpc) is 2.83. The molecule has 3 rings (SSSR count). The molecule has 0 bridgehead atoms. The highest BCUT2D eigenvalue weighted by molar-refractivity contribution is 9.10. The van der Waals surface area contributed by atoms with Gasteiger partial charge in [0.1, 0.15) is 11.4 Å². The van der Waals surface area contributed by atoms with Gasteiger partial charge in [-0.2, -0.15) is 0 Å². The molecule has 2 aromatic carbocycles. The Balaban J connectivity index is 1.84. The third-order valence-electron chi connectivity index (χ3n) is 2.96. The van der Waals surface area contributed by atoms with Crippen LogP contribution < -0.4 is 5.32 Å². The van der Waals surface area contributed by atoms with Crippen LogP contribution in [-0.4, -0.2) is 0 Å². The predicted molar refractivity (Wildman–Crippen MR) is 77.6 cm³/mol. The first-order valence-electron chi connectivity index (χ1n) is 5.88. The molecule has 0 amide bonds. The highest BCUT2D eigenvalue weighted by Crippen LogP contribution is 2.26. The molecule has 0 aliphatic rings. The maximum atomic E-state index is 13.2. The Labute approximate surface area is 118 Å². The Kier molecular flexibility index (Phi) is 3.25. The molecular weight excluding hydrogens is 309 g/mol. The van der Waals surface area contributed by atoms with Gasteiger partial charge in [0.15, 0.2) is 0 Å². The highest BCUT2D eigenvalue weighted by atomic mass is 79.9. The van der Waals surface area contributed by atoms with Gasteiger partial charge in [0.05, 0.1) is 12.0 Å². The number of benzene rings is 2. The van der Waals surface area contributed by atoms with Crippen molar-refractivity contribution in [1.82, 2.24) is 0 Å². The summed E-state index contributed by atoms with van der Waals surface area (Å²) in [4.78, 5) is 0. The molecule has 96 valence electrons. The van der Waals surface area contributed by atoms with Crippen LogP contribution in [0.1, 0.15) is 5.56 Å². The molecule has 0 spiro atoms. The fraction of sp³-hybridized carbons (Fsp3) is 0.0667. The zero-order valence-corrected chi connectivity index (χ0v) is 11.6. The molecule has 0 aliphatic heterocycles. The van der Waals surface area contributed by atoms with Gasteiger partial charge in [-0.3, -0.25) is 0 Å². The summed E-state index contributed by atoms with van der Waals surface area (Å²) in [6.45, 7) is 0.582. The van der Waals surface area contributed by atoms with Crippen molar-refractivity contribution >= 4 is 32.6 Å². The molecule has 0 saturated heterocycles. The van der Waals surface area contributed by atoms with Crippen LogP contribution in [0.2, 0.25) is 0 Å². The third-order valence-corrected chi connectivity index (χ3v) is 3.65. The number of para-hydroxylation sites is 1. The molecule has 1 N–H and O–H groups in total. The molecule has 2 nitrogen and oxygen atoms in total. The van der Waals surface area contributed by atoms with E-state index in [1.165, 1.54) is 12.1 Å². The Morgan fingerprint density at radius 3 is 2.89 bits per heavy atom. The van der Waals surface area contributed by atoms with Crippen molar-refractivity contribution in [2.24, 2.45) is 0 Å². The van der Waals surface area contributed by atoms with Gasteiger partial charge in [0.2, 0.25) is 0 Å². The minimum atomic E-state index is -0.261. The van der Waals surface area contributed by atoms with Gasteiger partial charge in [0, 0.05) is 22.0 Å². The van der Waals surface area contributed by atoms with Crippen LogP contribution in [0.25, 0.3) is 11.0 Å². The van der Waals surface area contributed by atoms with Crippen LogP contribution in [0.4, 0.5) is 10.1 Å². The van der Waals surface area contributed by atoms with Crippen molar-refractivity contribution in [1.29, 1.82) is 0 Å². The molecular formula is C15H11BrFNO. The monoisotopic (exact) mass is 319 g/mol. The summed E-state index contributed by atoms with van der Waals surface area (Å²) in [5.41, 5.74) is 2.63. The Morgan fingerprint density at radius 1 is 1.16 bits per heavy atom. The topological polar surface area (TPSA) is 25.2 Å². The standard InChI is InChI=1S/C15H11BrFNO/c16-13-6-5-11(17)7-14(13)18-8-10-9-19-15-4-2-1-3-12(10)15/h1-7,9,18H,8H2. The zero-order valence-electron chi connectivity index (χ0n) is 9.99. The van der Waals surface area contributed by atoms with E-state index in [1.54, 1.807) is 12.3 Å². The number of nitrogens with one attached hydrogen (secondary N) is 1. The van der Waals surface area contributed by atoms with Crippen molar-refractivity contribution in [3.8, 4) is 0 Å². The third kappa shape index (κ3) is 2.49. The summed E-state index contributed by atoms with van der Waals surface area (Å²) in [7, 11) is 0. The number of furan rings is 1. The Hall–Kier alpha value is -1.81. The van der Waals surface area contributed by atoms with Crippen molar-refractivity contribution < 1.29 is 8.81 Å². The van der Waals surface area contributed by atoms with E-state index >= 15 is 0 Å². The SMILES string of the molecule is Fc1ccc(Br)c(NCc2coc3ccccc23)c1. The van der Waals surface area contributed by atoms with Gasteiger partial charge >= 0.3 is 0 Å². The molecule has 1 aromatic heterocycles. The molecule has 1 heterocycles. The number of rotatable bonds is 3. The quantitative estimate of drug-likeness (QED) is 0.739. The molecule has 0 radical (unpaired) electrons. The van der Waals surface area contributed by atoms with Gasteiger partial charge in [-0.25, -0.2) is 4.39 Å². The minimum absolute atomic E-state index is 0.261. The number of hydrogen-bond donors (Lipinski definition) is 1. The van der Waals surface area contributed by atoms with Crippen LogP contribution in [0.3, 0.4) is 0 Å². The van der Waals surface area contributed by atoms with E-state index in [0.29, 0.717) is 6.54 Å². The van der Waals surface area contributed by atoms with Crippen molar-refractivity contribution in [2.75, 3.05) is 5.32 Å². The largest absolute Gasteiger partial charge is 0.464 e. The molecule has 0 fully saturated rings. The second kappa shape index (κ2) is 5.05. The fourth-order valence-corrected chi connectivity index (χ4v) is 2.38. The van der Waals surface area contributed by atoms with Gasteiger partial charge in [-0.15, -0.1) is 0 Å². The molecule has 3 aromatic rings. The van der Waals surface area contributed by atoms with Crippen LogP contribution in [0, 0.1) is 5.82 Å². The van der Waals surface area contributed by atoms with Gasteiger partial charge in [-0.05, 0) is 40.2 Å². The summed E-state index contributed by atoms with van der Waals surface area (Å²) in [5.74, 6) is -0.261. The number of halogens is 2. The normalized spacial score (nSPS) is 10.8. The van der Waals surface area contributed by atoms with Gasteiger partial charge < -0.3 is 9.73 Å². The van der Waals surface area contributed by atoms with Crippen molar-refractivity contribution in [3.05, 3.63) is 64.6 Å². The van der Waals surface area contributed by atoms with E-state index in [1.807, 2.05) is 24.3 Å². The van der Waals surface area contributed by atoms with Crippen molar-refractivity contribution in [2.45, 2.75) is 6.54 Å². The Morgan fingerprint density at radius 2 is 2.00 bits per heavy atom. The molecule has 0 unspecified atom stereocenters.